The van der Waals surface area contributed by atoms with Crippen LogP contribution in [-0.4, -0.2) is 0 Å². The fraction of sp³-hybridized carbons (Fsp3) is 0.231. The minimum Gasteiger partial charge on any atom is -0.214 e. The third-order valence-corrected chi connectivity index (χ3v) is 1.83. The number of rotatable bonds is 2. The molecule has 0 aliphatic rings. The van der Waals surface area contributed by atoms with Crippen LogP contribution >= 0.6 is 0 Å². The average molecular weight is 228 g/mol. The summed E-state index contributed by atoms with van der Waals surface area (Å²) in [5.74, 6) is 0. The van der Waals surface area contributed by atoms with Crippen molar-refractivity contribution in [2.24, 2.45) is 0 Å². The molecule has 2 aromatic rings. The molecule has 0 unspecified atom stereocenters. The third-order valence-electron chi connectivity index (χ3n) is 1.83. The molecule has 0 fully saturated rings. The minimum absolute atomic E-state index is 0. The smallest absolute Gasteiger partial charge is 0.214 e. The summed E-state index contributed by atoms with van der Waals surface area (Å²) in [5.41, 5.74) is 1.47. The second-order valence-electron chi connectivity index (χ2n) is 3.01. The van der Waals surface area contributed by atoms with Gasteiger partial charge in [0.15, 0.2) is 0 Å². The Morgan fingerprint density at radius 1 is 1.00 bits per heavy atom. The summed E-state index contributed by atoms with van der Waals surface area (Å²) in [5, 5.41) is 0. The molecule has 0 bridgehead atoms. The Bertz CT molecular complexity index is 249. The maximum absolute atomic E-state index is 2.20. The van der Waals surface area contributed by atoms with Crippen LogP contribution in [0.1, 0.15) is 18.9 Å². The Labute approximate surface area is 97.2 Å². The van der Waals surface area contributed by atoms with Gasteiger partial charge in [0.1, 0.15) is 0 Å². The molecule has 0 aliphatic heterocycles. The second-order valence-corrected chi connectivity index (χ2v) is 3.01. The van der Waals surface area contributed by atoms with E-state index in [1.165, 1.54) is 18.4 Å². The molecule has 0 amide bonds. The fourth-order valence-electron chi connectivity index (χ4n) is 1.19. The molecule has 0 spiro atoms. The largest absolute Gasteiger partial charge is 2.00 e. The molecule has 1 heteroatoms. The van der Waals surface area contributed by atoms with Crippen molar-refractivity contribution in [2.45, 2.75) is 19.8 Å². The van der Waals surface area contributed by atoms with Gasteiger partial charge in [-0.05, 0) is 0 Å². The maximum Gasteiger partial charge on any atom is 2.00 e. The Morgan fingerprint density at radius 3 is 1.93 bits per heavy atom. The molecule has 0 aliphatic carbocycles. The fourth-order valence-corrected chi connectivity index (χ4v) is 1.19. The topological polar surface area (TPSA) is 0 Å². The molecule has 0 saturated carbocycles. The summed E-state index contributed by atoms with van der Waals surface area (Å²) in [6.45, 7) is 2.20. The molecule has 14 heavy (non-hydrogen) atoms. The number of hydrogen-bond acceptors (Lipinski definition) is 0. The molecular weight excluding hydrogens is 212 g/mol. The summed E-state index contributed by atoms with van der Waals surface area (Å²) >= 11 is 0. The summed E-state index contributed by atoms with van der Waals surface area (Å²) in [6, 6.07) is 18.5. The molecule has 0 nitrogen and oxygen atoms in total. The van der Waals surface area contributed by atoms with E-state index in [0.29, 0.717) is 0 Å². The van der Waals surface area contributed by atoms with Crippen molar-refractivity contribution in [1.29, 1.82) is 0 Å². The first-order chi connectivity index (χ1) is 6.43. The zero-order valence-corrected chi connectivity index (χ0v) is 9.57. The van der Waals surface area contributed by atoms with E-state index in [9.17, 15) is 0 Å². The van der Waals surface area contributed by atoms with Gasteiger partial charge in [-0.15, -0.1) is 0 Å². The summed E-state index contributed by atoms with van der Waals surface area (Å²) in [7, 11) is 0. The van der Waals surface area contributed by atoms with Crippen molar-refractivity contribution in [1.82, 2.24) is 0 Å². The van der Waals surface area contributed by atoms with Crippen LogP contribution in [0.15, 0.2) is 54.6 Å². The zero-order valence-electron chi connectivity index (χ0n) is 8.46. The van der Waals surface area contributed by atoms with Crippen LogP contribution in [0, 0.1) is 0 Å². The van der Waals surface area contributed by atoms with E-state index in [0.717, 1.165) is 0 Å². The standard InChI is InChI=1S/C8H11.C5H5.Fe/c1-2-5-8-6-3-4-7-8;1-2-4-5-3-1;/h3-4,6-7H,2,5H2,1H3;1-5H;/q2*-1;+2. The van der Waals surface area contributed by atoms with Crippen molar-refractivity contribution in [3.63, 3.8) is 0 Å². The van der Waals surface area contributed by atoms with E-state index >= 15 is 0 Å². The average Bonchev–Trinajstić information content (AvgIpc) is 2.79. The first-order valence-electron chi connectivity index (χ1n) is 4.80. The van der Waals surface area contributed by atoms with Gasteiger partial charge in [0.25, 0.3) is 0 Å². The van der Waals surface area contributed by atoms with Gasteiger partial charge >= 0.3 is 17.1 Å². The third kappa shape index (κ3) is 5.80. The SMILES string of the molecule is CCC[c-]1cccc1.[Fe+2].c1cc[cH-]c1. The molecular formula is C13H16Fe. The first kappa shape index (κ1) is 13.2. The first-order valence-corrected chi connectivity index (χ1v) is 4.80. The number of hydrogen-bond donors (Lipinski definition) is 0. The van der Waals surface area contributed by atoms with E-state index in [1.807, 2.05) is 30.3 Å². The van der Waals surface area contributed by atoms with Gasteiger partial charge < -0.3 is 0 Å². The van der Waals surface area contributed by atoms with Gasteiger partial charge in [-0.1, -0.05) is 19.8 Å². The van der Waals surface area contributed by atoms with E-state index in [-0.39, 0.29) is 17.1 Å². The van der Waals surface area contributed by atoms with Crippen LogP contribution in [-0.2, 0) is 23.5 Å². The van der Waals surface area contributed by atoms with Gasteiger partial charge in [-0.3, -0.25) is 0 Å². The molecule has 0 heterocycles. The van der Waals surface area contributed by atoms with Crippen LogP contribution in [0.25, 0.3) is 0 Å². The van der Waals surface area contributed by atoms with Gasteiger partial charge in [-0.2, -0.15) is 35.9 Å². The van der Waals surface area contributed by atoms with Gasteiger partial charge in [-0.25, -0.2) is 24.3 Å². The Kier molecular flexibility index (Phi) is 8.31. The molecule has 0 radical (unpaired) electrons. The van der Waals surface area contributed by atoms with Crippen molar-refractivity contribution >= 4 is 0 Å². The van der Waals surface area contributed by atoms with Crippen LogP contribution in [0.3, 0.4) is 0 Å². The van der Waals surface area contributed by atoms with E-state index in [4.69, 9.17) is 0 Å². The van der Waals surface area contributed by atoms with E-state index < -0.39 is 0 Å². The summed E-state index contributed by atoms with van der Waals surface area (Å²) in [6.07, 6.45) is 2.48. The Hall–Kier alpha value is -0.781. The predicted octanol–water partition coefficient (Wildman–Crippen LogP) is 3.76. The molecule has 2 rings (SSSR count). The van der Waals surface area contributed by atoms with Crippen LogP contribution in [0.2, 0.25) is 0 Å². The van der Waals surface area contributed by atoms with Gasteiger partial charge in [0.05, 0.1) is 0 Å². The molecule has 0 N–H and O–H groups in total. The predicted molar refractivity (Wildman–Crippen MR) is 58.1 cm³/mol. The minimum atomic E-state index is 0. The van der Waals surface area contributed by atoms with Crippen LogP contribution in [0.4, 0.5) is 0 Å². The van der Waals surface area contributed by atoms with E-state index in [1.54, 1.807) is 0 Å². The zero-order chi connectivity index (χ0) is 9.36. The maximum atomic E-state index is 2.20. The van der Waals surface area contributed by atoms with Crippen LogP contribution < -0.4 is 0 Å². The molecule has 0 aromatic heterocycles. The van der Waals surface area contributed by atoms with Gasteiger partial charge in [0.2, 0.25) is 0 Å². The normalized spacial score (nSPS) is 8.36. The van der Waals surface area contributed by atoms with E-state index in [2.05, 4.69) is 31.2 Å². The van der Waals surface area contributed by atoms with Gasteiger partial charge in [0, 0.05) is 0 Å². The monoisotopic (exact) mass is 228 g/mol. The second kappa shape index (κ2) is 8.80. The molecule has 0 atom stereocenters. The van der Waals surface area contributed by atoms with Crippen molar-refractivity contribution < 1.29 is 17.1 Å². The molecule has 0 saturated heterocycles. The van der Waals surface area contributed by atoms with Crippen molar-refractivity contribution in [2.75, 3.05) is 0 Å². The molecule has 2 aromatic carbocycles. The Balaban J connectivity index is 0.000000246. The Morgan fingerprint density at radius 2 is 1.57 bits per heavy atom. The van der Waals surface area contributed by atoms with Crippen LogP contribution in [0.5, 0.6) is 0 Å². The summed E-state index contributed by atoms with van der Waals surface area (Å²) < 4.78 is 0. The molecule has 76 valence electrons. The number of aryl methyl sites for hydroxylation is 1. The van der Waals surface area contributed by atoms with Crippen molar-refractivity contribution in [3.05, 3.63) is 60.2 Å². The quantitative estimate of drug-likeness (QED) is 0.542. The van der Waals surface area contributed by atoms with Crippen molar-refractivity contribution in [3.8, 4) is 0 Å². The summed E-state index contributed by atoms with van der Waals surface area (Å²) in [4.78, 5) is 0.